The highest BCUT2D eigenvalue weighted by Gasteiger charge is 2.37. The second-order valence-electron chi connectivity index (χ2n) is 6.08. The zero-order chi connectivity index (χ0) is 21.8. The Labute approximate surface area is 162 Å². The van der Waals surface area contributed by atoms with E-state index in [9.17, 15) is 31.1 Å². The van der Waals surface area contributed by atoms with Crippen molar-refractivity contribution < 1.29 is 31.1 Å². The second-order valence-corrected chi connectivity index (χ2v) is 6.08. The van der Waals surface area contributed by atoms with Crippen LogP contribution in [0.5, 0.6) is 0 Å². The molecule has 0 unspecified atom stereocenters. The van der Waals surface area contributed by atoms with Crippen molar-refractivity contribution in [3.8, 4) is 6.07 Å². The van der Waals surface area contributed by atoms with Gasteiger partial charge >= 0.3 is 12.4 Å². The van der Waals surface area contributed by atoms with Gasteiger partial charge in [0.15, 0.2) is 0 Å². The summed E-state index contributed by atoms with van der Waals surface area (Å²) in [5.74, 6) is -1.02. The van der Waals surface area contributed by atoms with E-state index in [1.807, 2.05) is 6.07 Å². The number of carbonyl (C=O) groups is 1. The van der Waals surface area contributed by atoms with E-state index in [2.05, 4.69) is 6.58 Å². The van der Waals surface area contributed by atoms with Crippen LogP contribution in [0.2, 0.25) is 0 Å². The molecule has 2 rings (SSSR count). The first kappa shape index (κ1) is 22.0. The number of nitriles is 1. The lowest BCUT2D eigenvalue weighted by molar-refractivity contribution is -0.143. The van der Waals surface area contributed by atoms with Gasteiger partial charge in [0.2, 0.25) is 0 Å². The summed E-state index contributed by atoms with van der Waals surface area (Å²) >= 11 is 0. The highest BCUT2D eigenvalue weighted by Crippen LogP contribution is 2.36. The molecule has 0 aliphatic heterocycles. The van der Waals surface area contributed by atoms with Crippen molar-refractivity contribution in [1.82, 2.24) is 4.90 Å². The van der Waals surface area contributed by atoms with E-state index in [0.717, 1.165) is 4.90 Å². The summed E-state index contributed by atoms with van der Waals surface area (Å²) in [6.45, 7) is 3.21. The smallest absolute Gasteiger partial charge is 0.331 e. The molecule has 152 valence electrons. The van der Waals surface area contributed by atoms with Crippen LogP contribution in [0, 0.1) is 11.3 Å². The van der Waals surface area contributed by atoms with Gasteiger partial charge in [-0.25, -0.2) is 0 Å². The van der Waals surface area contributed by atoms with E-state index in [4.69, 9.17) is 5.26 Å². The minimum Gasteiger partial charge on any atom is -0.331 e. The van der Waals surface area contributed by atoms with E-state index in [1.54, 1.807) is 12.1 Å². The number of halogens is 6. The normalized spacial score (nSPS) is 11.6. The van der Waals surface area contributed by atoms with Crippen LogP contribution in [0.1, 0.15) is 32.6 Å². The molecule has 0 radical (unpaired) electrons. The number of rotatable bonds is 5. The quantitative estimate of drug-likeness (QED) is 0.486. The summed E-state index contributed by atoms with van der Waals surface area (Å²) in [5, 5.41) is 8.94. The van der Waals surface area contributed by atoms with Crippen molar-refractivity contribution in [2.24, 2.45) is 0 Å². The number of alkyl halides is 6. The van der Waals surface area contributed by atoms with E-state index in [-0.39, 0.29) is 19.2 Å². The Hall–Kier alpha value is -3.28. The Morgan fingerprint density at radius 3 is 2.10 bits per heavy atom. The van der Waals surface area contributed by atoms with Crippen molar-refractivity contribution in [2.45, 2.75) is 18.9 Å². The summed E-state index contributed by atoms with van der Waals surface area (Å²) in [4.78, 5) is 13.8. The molecule has 0 aliphatic rings. The third-order valence-electron chi connectivity index (χ3n) is 3.90. The number of amides is 1. The molecule has 0 saturated heterocycles. The highest BCUT2D eigenvalue weighted by atomic mass is 19.4. The van der Waals surface area contributed by atoms with E-state index in [0.29, 0.717) is 23.3 Å². The average Bonchev–Trinajstić information content (AvgIpc) is 2.65. The lowest BCUT2D eigenvalue weighted by atomic mass is 10.0. The third kappa shape index (κ3) is 5.60. The largest absolute Gasteiger partial charge is 0.416 e. The number of hydrogen-bond donors (Lipinski definition) is 0. The van der Waals surface area contributed by atoms with Gasteiger partial charge in [0, 0.05) is 18.7 Å². The maximum absolute atomic E-state index is 13.0. The maximum Gasteiger partial charge on any atom is 0.416 e. The number of hydrogen-bond acceptors (Lipinski definition) is 2. The minimum absolute atomic E-state index is 0.0367. The van der Waals surface area contributed by atoms with Gasteiger partial charge in [0.05, 0.1) is 22.8 Å². The average molecular weight is 412 g/mol. The molecule has 1 amide bonds. The van der Waals surface area contributed by atoms with Crippen molar-refractivity contribution >= 4 is 5.91 Å². The van der Waals surface area contributed by atoms with Gasteiger partial charge in [-0.15, -0.1) is 6.58 Å². The second kappa shape index (κ2) is 8.39. The lowest BCUT2D eigenvalue weighted by Gasteiger charge is -2.23. The van der Waals surface area contributed by atoms with Crippen LogP contribution >= 0.6 is 0 Å². The first-order valence-corrected chi connectivity index (χ1v) is 8.14. The first-order valence-electron chi connectivity index (χ1n) is 8.14. The molecule has 3 nitrogen and oxygen atoms in total. The molecule has 0 atom stereocenters. The summed E-state index contributed by atoms with van der Waals surface area (Å²) in [5.41, 5.74) is -3.10. The molecular weight excluding hydrogens is 398 g/mol. The molecule has 2 aromatic carbocycles. The molecule has 0 fully saturated rings. The van der Waals surface area contributed by atoms with E-state index < -0.39 is 35.0 Å². The maximum atomic E-state index is 13.0. The van der Waals surface area contributed by atoms with Crippen molar-refractivity contribution in [3.05, 3.63) is 82.9 Å². The summed E-state index contributed by atoms with van der Waals surface area (Å²) in [6, 6.07) is 8.77. The molecule has 0 heterocycles. The fourth-order valence-corrected chi connectivity index (χ4v) is 2.60. The van der Waals surface area contributed by atoms with E-state index in [1.165, 1.54) is 18.2 Å². The van der Waals surface area contributed by atoms with Gasteiger partial charge in [-0.3, -0.25) is 4.79 Å². The molecule has 0 saturated carbocycles. The van der Waals surface area contributed by atoms with Gasteiger partial charge in [-0.2, -0.15) is 31.6 Å². The third-order valence-corrected chi connectivity index (χ3v) is 3.90. The van der Waals surface area contributed by atoms with Gasteiger partial charge in [-0.05, 0) is 35.9 Å². The molecule has 9 heteroatoms. The van der Waals surface area contributed by atoms with Crippen LogP contribution in [-0.4, -0.2) is 17.4 Å². The van der Waals surface area contributed by atoms with Gasteiger partial charge < -0.3 is 4.90 Å². The van der Waals surface area contributed by atoms with Gasteiger partial charge in [0.1, 0.15) is 0 Å². The first-order chi connectivity index (χ1) is 13.5. The summed E-state index contributed by atoms with van der Waals surface area (Å²) in [6.07, 6.45) is -8.81. The fraction of sp³-hybridized carbons (Fsp3) is 0.200. The predicted octanol–water partition coefficient (Wildman–Crippen LogP) is 5.42. The molecule has 0 spiro atoms. The molecule has 0 aliphatic carbocycles. The van der Waals surface area contributed by atoms with Crippen LogP contribution in [-0.2, 0) is 18.9 Å². The Kier molecular flexibility index (Phi) is 6.37. The monoisotopic (exact) mass is 412 g/mol. The van der Waals surface area contributed by atoms with Crippen LogP contribution in [0.25, 0.3) is 0 Å². The van der Waals surface area contributed by atoms with Crippen molar-refractivity contribution in [2.75, 3.05) is 6.54 Å². The van der Waals surface area contributed by atoms with Gasteiger partial charge in [0.25, 0.3) is 5.91 Å². The van der Waals surface area contributed by atoms with Crippen LogP contribution < -0.4 is 0 Å². The molecule has 0 aromatic heterocycles. The van der Waals surface area contributed by atoms with Crippen LogP contribution in [0.15, 0.2) is 55.1 Å². The SMILES string of the molecule is C=CCN(Cc1cccc(C#N)c1)C(=O)c1cc(C(F)(F)F)cc(C(F)(F)F)c1. The zero-order valence-electron chi connectivity index (χ0n) is 14.8. The molecule has 0 N–H and O–H groups in total. The number of nitrogens with zero attached hydrogens (tertiary/aromatic N) is 2. The van der Waals surface area contributed by atoms with Crippen LogP contribution in [0.4, 0.5) is 26.3 Å². The van der Waals surface area contributed by atoms with Crippen molar-refractivity contribution in [1.29, 1.82) is 5.26 Å². The fourth-order valence-electron chi connectivity index (χ4n) is 2.60. The molecule has 29 heavy (non-hydrogen) atoms. The summed E-state index contributed by atoms with van der Waals surface area (Å²) < 4.78 is 78.2. The zero-order valence-corrected chi connectivity index (χ0v) is 14.8. The standard InChI is InChI=1S/C20H14F6N2O/c1-2-6-28(12-14-5-3-4-13(7-14)11-27)18(29)15-8-16(19(21,22)23)10-17(9-15)20(24,25)26/h2-5,7-10H,1,6,12H2. The summed E-state index contributed by atoms with van der Waals surface area (Å²) in [7, 11) is 0. The minimum atomic E-state index is -5.05. The Bertz CT molecular complexity index is 924. The Balaban J connectivity index is 2.47. The van der Waals surface area contributed by atoms with E-state index >= 15 is 0 Å². The van der Waals surface area contributed by atoms with Crippen LogP contribution in [0.3, 0.4) is 0 Å². The topological polar surface area (TPSA) is 44.1 Å². The molecule has 2 aromatic rings. The number of benzene rings is 2. The lowest BCUT2D eigenvalue weighted by Crippen LogP contribution is -2.31. The van der Waals surface area contributed by atoms with Crippen molar-refractivity contribution in [3.63, 3.8) is 0 Å². The molecule has 0 bridgehead atoms. The highest BCUT2D eigenvalue weighted by molar-refractivity contribution is 5.94. The number of carbonyl (C=O) groups excluding carboxylic acids is 1. The predicted molar refractivity (Wildman–Crippen MR) is 92.5 cm³/mol. The van der Waals surface area contributed by atoms with Gasteiger partial charge in [-0.1, -0.05) is 18.2 Å². The Morgan fingerprint density at radius 2 is 1.62 bits per heavy atom. The Morgan fingerprint density at radius 1 is 1.03 bits per heavy atom. The molecular formula is C20H14F6N2O.